The van der Waals surface area contributed by atoms with Crippen LogP contribution < -0.4 is 142 Å². The Morgan fingerprint density at radius 3 is 0.917 bits per heavy atom. The smallest absolute Gasteiger partial charge is 0.235 e. The maximum atomic E-state index is 6.05. The summed E-state index contributed by atoms with van der Waals surface area (Å²) in [6, 6.07) is 0. The molecule has 3 heterocycles. The molecule has 0 saturated heterocycles. The SMILES string of the molecule is Bc1c(B)c(B)c2c(-c3c(B)c(B)c4c(B)c(B)c(B)c(B)c4c3B)nc(-n3c4c(B)c(B)c(B)c(B)c4c4c(B)c(-n5c6c(B)c(B)c(B)c(B)c6c6c(B)c(B)c(B)c(B)c65)c(B)c(B)c43)nc2c1B. The summed E-state index contributed by atoms with van der Waals surface area (Å²) in [5.41, 5.74) is 44.3. The van der Waals surface area contributed by atoms with Crippen molar-refractivity contribution in [3.63, 3.8) is 0 Å². The summed E-state index contributed by atoms with van der Waals surface area (Å²) < 4.78 is 5.21. The van der Waals surface area contributed by atoms with Gasteiger partial charge < -0.3 is 4.57 Å². The predicted molar refractivity (Wildman–Crippen MR) is 404 cm³/mol. The first-order chi connectivity index (χ1) is 33.6. The van der Waals surface area contributed by atoms with Crippen LogP contribution in [0.25, 0.3) is 88.2 Å². The van der Waals surface area contributed by atoms with E-state index < -0.39 is 0 Å². The highest BCUT2D eigenvalue weighted by molar-refractivity contribution is 6.76. The summed E-state index contributed by atoms with van der Waals surface area (Å²) in [5, 5.41) is 9.29. The lowest BCUT2D eigenvalue weighted by atomic mass is 9.58. The van der Waals surface area contributed by atoms with E-state index in [9.17, 15) is 0 Å². The molecule has 0 amide bonds. The Bertz CT molecular complexity index is 4220. The van der Waals surface area contributed by atoms with Crippen LogP contribution in [0.4, 0.5) is 0 Å². The molecule has 72 heavy (non-hydrogen) atoms. The van der Waals surface area contributed by atoms with E-state index in [4.69, 9.17) is 9.97 Å². The number of aromatic nitrogens is 4. The molecule has 0 bridgehead atoms. The van der Waals surface area contributed by atoms with Crippen molar-refractivity contribution < 1.29 is 0 Å². The summed E-state index contributed by atoms with van der Waals surface area (Å²) in [6.07, 6.45) is 0. The Hall–Kier alpha value is -4.57. The lowest BCUT2D eigenvalue weighted by molar-refractivity contribution is 1.02. The molecule has 0 radical (unpaired) electrons. The standard InChI is InChI=1S/C42H52B26N4/c43-9-1-2(12(46)20(54)19(53)11(1)45)10(44)16(50)7(9)35-8-17(51)24(58)25(59)29(63)36(8)70-42(69-35)72-39-5(15(49)23(57)28(62)32(39)66)6-18(52)41(34(68)33(67)40(6)72)71-37-3(13(47)21(55)26(60)30(37)64)4-14(48)22(56)27(61)31(65)38(4)71/h43-68H2. The second-order valence-electron chi connectivity index (χ2n) is 22.9. The highest BCUT2D eigenvalue weighted by atomic mass is 15.2. The lowest BCUT2D eigenvalue weighted by Crippen LogP contribution is -2.52. The third-order valence-electron chi connectivity index (χ3n) is 20.3. The Morgan fingerprint density at radius 2 is 0.500 bits per heavy atom. The summed E-state index contributed by atoms with van der Waals surface area (Å²) in [5.74, 6) is 0.736. The lowest BCUT2D eigenvalue weighted by Gasteiger charge is -2.26. The molecule has 0 spiro atoms. The molecule has 0 aliphatic rings. The minimum atomic E-state index is 0.736. The first-order valence-corrected chi connectivity index (χ1v) is 26.5. The summed E-state index contributed by atoms with van der Waals surface area (Å²) in [7, 11) is 60.6. The van der Waals surface area contributed by atoms with E-state index in [2.05, 4.69) is 213 Å². The van der Waals surface area contributed by atoms with Crippen molar-refractivity contribution in [3.05, 3.63) is 0 Å². The van der Waals surface area contributed by atoms with Gasteiger partial charge in [0.2, 0.25) is 5.95 Å². The Kier molecular flexibility index (Phi) is 12.0. The van der Waals surface area contributed by atoms with Gasteiger partial charge in [-0.25, -0.2) is 9.97 Å². The van der Waals surface area contributed by atoms with E-state index in [1.54, 1.807) is 0 Å². The van der Waals surface area contributed by atoms with Crippen molar-refractivity contribution in [3.8, 4) is 22.9 Å². The molecule has 3 aromatic heterocycles. The van der Waals surface area contributed by atoms with Gasteiger partial charge >= 0.3 is 0 Å². The monoisotopic (exact) mass is 899 g/mol. The van der Waals surface area contributed by atoms with E-state index in [1.165, 1.54) is 208 Å². The van der Waals surface area contributed by atoms with Gasteiger partial charge in [-0.3, -0.25) is 4.57 Å². The van der Waals surface area contributed by atoms with Crippen molar-refractivity contribution in [2.45, 2.75) is 0 Å². The number of nitrogens with zero attached hydrogens (tertiary/aromatic N) is 4. The highest BCUT2D eigenvalue weighted by Crippen LogP contribution is 2.32. The van der Waals surface area contributed by atoms with Crippen LogP contribution in [0.3, 0.4) is 0 Å². The van der Waals surface area contributed by atoms with Gasteiger partial charge in [0.05, 0.1) is 11.2 Å². The summed E-state index contributed by atoms with van der Waals surface area (Å²) in [6.45, 7) is 0. The van der Waals surface area contributed by atoms with Crippen molar-refractivity contribution in [1.82, 2.24) is 19.1 Å². The average molecular weight is 894 g/mol. The van der Waals surface area contributed by atoms with Crippen LogP contribution in [0.15, 0.2) is 0 Å². The second kappa shape index (κ2) is 17.0. The van der Waals surface area contributed by atoms with E-state index in [-0.39, 0.29) is 0 Å². The minimum absolute atomic E-state index is 0.736. The first kappa shape index (κ1) is 50.9. The van der Waals surface area contributed by atoms with Crippen LogP contribution in [0.1, 0.15) is 0 Å². The third-order valence-corrected chi connectivity index (χ3v) is 20.3. The molecule has 10 rings (SSSR count). The molecule has 10 aromatic rings. The van der Waals surface area contributed by atoms with Crippen LogP contribution in [-0.4, -0.2) is 223 Å². The molecular formula is C42H52B26N4. The molecule has 0 fully saturated rings. The molecule has 4 nitrogen and oxygen atoms in total. The minimum Gasteiger partial charge on any atom is -0.312 e. The highest BCUT2D eigenvalue weighted by Gasteiger charge is 2.31. The second-order valence-corrected chi connectivity index (χ2v) is 22.9. The zero-order chi connectivity index (χ0) is 52.8. The fraction of sp³-hybridized carbons (Fsp3) is 0. The predicted octanol–water partition coefficient (Wildman–Crippen LogP) is -34.6. The van der Waals surface area contributed by atoms with E-state index in [0.717, 1.165) is 22.5 Å². The largest absolute Gasteiger partial charge is 0.312 e. The summed E-state index contributed by atoms with van der Waals surface area (Å²) >= 11 is 0. The molecule has 318 valence electrons. The van der Waals surface area contributed by atoms with Crippen LogP contribution in [0.5, 0.6) is 0 Å². The van der Waals surface area contributed by atoms with E-state index >= 15 is 0 Å². The van der Waals surface area contributed by atoms with E-state index in [1.807, 2.05) is 0 Å². The molecule has 7 aromatic carbocycles. The number of fused-ring (bicyclic) bond motifs is 8. The van der Waals surface area contributed by atoms with Crippen LogP contribution in [-0.2, 0) is 0 Å². The Morgan fingerprint density at radius 1 is 0.208 bits per heavy atom. The molecule has 0 saturated carbocycles. The number of hydrogen-bond donors (Lipinski definition) is 0. The zero-order valence-electron chi connectivity index (χ0n) is 48.8. The van der Waals surface area contributed by atoms with Gasteiger partial charge in [-0.2, -0.15) is 0 Å². The fourth-order valence-corrected chi connectivity index (χ4v) is 14.0. The summed E-state index contributed by atoms with van der Waals surface area (Å²) in [4.78, 5) is 11.9. The fourth-order valence-electron chi connectivity index (χ4n) is 14.0. The maximum absolute atomic E-state index is 6.05. The van der Waals surface area contributed by atoms with Gasteiger partial charge in [-0.1, -0.05) is 109 Å². The first-order valence-electron chi connectivity index (χ1n) is 26.5. The molecule has 0 unspecified atom stereocenters. The van der Waals surface area contributed by atoms with Crippen LogP contribution in [0.2, 0.25) is 0 Å². The van der Waals surface area contributed by atoms with Crippen molar-refractivity contribution >= 4 is 411 Å². The van der Waals surface area contributed by atoms with Crippen LogP contribution in [0, 0.1) is 0 Å². The number of hydrogen-bond acceptors (Lipinski definition) is 2. The molecule has 0 aliphatic carbocycles. The van der Waals surface area contributed by atoms with Gasteiger partial charge in [0.15, 0.2) is 0 Å². The third kappa shape index (κ3) is 6.31. The molecule has 30 heteroatoms. The molecule has 0 aliphatic heterocycles. The van der Waals surface area contributed by atoms with Gasteiger partial charge in [0.1, 0.15) is 204 Å². The molecular weight excluding hydrogens is 842 g/mol. The van der Waals surface area contributed by atoms with E-state index in [0.29, 0.717) is 0 Å². The zero-order valence-corrected chi connectivity index (χ0v) is 48.8. The van der Waals surface area contributed by atoms with Gasteiger partial charge in [-0.05, 0) is 32.5 Å². The molecule has 0 N–H and O–H groups in total. The number of benzene rings is 7. The van der Waals surface area contributed by atoms with Crippen molar-refractivity contribution in [1.29, 1.82) is 0 Å². The van der Waals surface area contributed by atoms with Gasteiger partial charge in [0.25, 0.3) is 0 Å². The van der Waals surface area contributed by atoms with Gasteiger partial charge in [0, 0.05) is 38.5 Å². The van der Waals surface area contributed by atoms with Gasteiger partial charge in [-0.15, -0.1) is 32.8 Å². The molecule has 0 atom stereocenters. The Labute approximate surface area is 450 Å². The quantitative estimate of drug-likeness (QED) is 0.166. The van der Waals surface area contributed by atoms with Crippen LogP contribution >= 0.6 is 0 Å². The normalized spacial score (nSPS) is 11.9. The average Bonchev–Trinajstić information content (AvgIpc) is 3.90. The number of rotatable bonds is 3. The van der Waals surface area contributed by atoms with Crippen molar-refractivity contribution in [2.75, 3.05) is 0 Å². The maximum Gasteiger partial charge on any atom is 0.235 e. The van der Waals surface area contributed by atoms with Crippen molar-refractivity contribution in [2.24, 2.45) is 0 Å². The Balaban J connectivity index is 1.46. The topological polar surface area (TPSA) is 35.6 Å².